The molecule has 1 aliphatic rings. The van der Waals surface area contributed by atoms with Crippen molar-refractivity contribution in [3.8, 4) is 5.75 Å². The Hall–Kier alpha value is -1.22. The van der Waals surface area contributed by atoms with Gasteiger partial charge in [-0.25, -0.2) is 0 Å². The van der Waals surface area contributed by atoms with E-state index in [-0.39, 0.29) is 0 Å². The van der Waals surface area contributed by atoms with Gasteiger partial charge in [-0.05, 0) is 25.0 Å². The van der Waals surface area contributed by atoms with Crippen molar-refractivity contribution in [2.45, 2.75) is 26.8 Å². The van der Waals surface area contributed by atoms with Crippen molar-refractivity contribution < 1.29 is 4.74 Å². The third-order valence-electron chi connectivity index (χ3n) is 3.53. The first-order valence-corrected chi connectivity index (χ1v) is 6.93. The van der Waals surface area contributed by atoms with Gasteiger partial charge in [0, 0.05) is 25.7 Å². The number of ether oxygens (including phenoxy) is 1. The standard InChI is InChI=1S/C15H24N2O/c1-4-18-15-8-6-5-7-13(15)17-10-9-16-11-14(17)12(2)3/h5-8,12,14,16H,4,9-11H2,1-3H3. The van der Waals surface area contributed by atoms with Crippen LogP contribution in [0.5, 0.6) is 5.75 Å². The Balaban J connectivity index is 2.27. The number of nitrogens with one attached hydrogen (secondary N) is 1. The van der Waals surface area contributed by atoms with E-state index in [2.05, 4.69) is 42.3 Å². The van der Waals surface area contributed by atoms with Crippen molar-refractivity contribution in [2.24, 2.45) is 5.92 Å². The predicted octanol–water partition coefficient (Wildman–Crippen LogP) is 2.52. The molecule has 1 heterocycles. The second kappa shape index (κ2) is 6.10. The molecular formula is C15H24N2O. The first-order valence-electron chi connectivity index (χ1n) is 6.93. The van der Waals surface area contributed by atoms with Crippen LogP contribution in [0.25, 0.3) is 0 Å². The number of para-hydroxylation sites is 2. The van der Waals surface area contributed by atoms with Crippen molar-refractivity contribution in [1.29, 1.82) is 0 Å². The molecule has 1 aliphatic heterocycles. The molecular weight excluding hydrogens is 224 g/mol. The summed E-state index contributed by atoms with van der Waals surface area (Å²) in [5.74, 6) is 1.64. The Morgan fingerprint density at radius 3 is 2.89 bits per heavy atom. The third kappa shape index (κ3) is 2.78. The lowest BCUT2D eigenvalue weighted by Gasteiger charge is -2.40. The largest absolute Gasteiger partial charge is 0.492 e. The van der Waals surface area contributed by atoms with Crippen LogP contribution in [0.1, 0.15) is 20.8 Å². The van der Waals surface area contributed by atoms with Crippen LogP contribution in [0.4, 0.5) is 5.69 Å². The molecule has 0 aromatic heterocycles. The lowest BCUT2D eigenvalue weighted by atomic mass is 9.99. The molecule has 0 spiro atoms. The second-order valence-electron chi connectivity index (χ2n) is 5.11. The number of anilines is 1. The van der Waals surface area contributed by atoms with E-state index < -0.39 is 0 Å². The molecule has 18 heavy (non-hydrogen) atoms. The average molecular weight is 248 g/mol. The van der Waals surface area contributed by atoms with Crippen LogP contribution in [0.15, 0.2) is 24.3 Å². The first kappa shape index (κ1) is 13.2. The van der Waals surface area contributed by atoms with Crippen molar-refractivity contribution >= 4 is 5.69 Å². The highest BCUT2D eigenvalue weighted by atomic mass is 16.5. The number of rotatable bonds is 4. The Morgan fingerprint density at radius 2 is 2.17 bits per heavy atom. The van der Waals surface area contributed by atoms with Crippen LogP contribution >= 0.6 is 0 Å². The molecule has 0 aliphatic carbocycles. The quantitative estimate of drug-likeness (QED) is 0.886. The zero-order chi connectivity index (χ0) is 13.0. The van der Waals surface area contributed by atoms with Gasteiger partial charge in [0.2, 0.25) is 0 Å². The van der Waals surface area contributed by atoms with Gasteiger partial charge in [-0.1, -0.05) is 26.0 Å². The zero-order valence-corrected chi connectivity index (χ0v) is 11.6. The summed E-state index contributed by atoms with van der Waals surface area (Å²) in [6, 6.07) is 8.92. The van der Waals surface area contributed by atoms with Gasteiger partial charge in [0.05, 0.1) is 12.3 Å². The highest BCUT2D eigenvalue weighted by Crippen LogP contribution is 2.31. The average Bonchev–Trinajstić information content (AvgIpc) is 2.40. The minimum absolute atomic E-state index is 0.542. The highest BCUT2D eigenvalue weighted by molar-refractivity contribution is 5.59. The molecule has 1 N–H and O–H groups in total. The van der Waals surface area contributed by atoms with Crippen molar-refractivity contribution in [2.75, 3.05) is 31.1 Å². The normalized spacial score (nSPS) is 20.2. The fourth-order valence-electron chi connectivity index (χ4n) is 2.59. The number of piperazine rings is 1. The molecule has 0 saturated carbocycles. The monoisotopic (exact) mass is 248 g/mol. The predicted molar refractivity (Wildman–Crippen MR) is 76.5 cm³/mol. The lowest BCUT2D eigenvalue weighted by Crippen LogP contribution is -2.53. The molecule has 1 aromatic carbocycles. The molecule has 1 unspecified atom stereocenters. The van der Waals surface area contributed by atoms with Gasteiger partial charge < -0.3 is 15.0 Å². The first-order chi connectivity index (χ1) is 8.74. The molecule has 3 nitrogen and oxygen atoms in total. The molecule has 1 aromatic rings. The van der Waals surface area contributed by atoms with E-state index in [1.807, 2.05) is 13.0 Å². The maximum absolute atomic E-state index is 5.76. The van der Waals surface area contributed by atoms with Crippen LogP contribution < -0.4 is 15.0 Å². The molecule has 3 heteroatoms. The highest BCUT2D eigenvalue weighted by Gasteiger charge is 2.26. The summed E-state index contributed by atoms with van der Waals surface area (Å²) in [5.41, 5.74) is 1.24. The van der Waals surface area contributed by atoms with E-state index in [4.69, 9.17) is 4.74 Å². The summed E-state index contributed by atoms with van der Waals surface area (Å²) in [4.78, 5) is 2.49. The Kier molecular flexibility index (Phi) is 4.48. The van der Waals surface area contributed by atoms with Crippen molar-refractivity contribution in [3.05, 3.63) is 24.3 Å². The fourth-order valence-corrected chi connectivity index (χ4v) is 2.59. The van der Waals surface area contributed by atoms with E-state index >= 15 is 0 Å². The van der Waals surface area contributed by atoms with Gasteiger partial charge in [0.25, 0.3) is 0 Å². The summed E-state index contributed by atoms with van der Waals surface area (Å²) in [7, 11) is 0. The number of hydrogen-bond acceptors (Lipinski definition) is 3. The summed E-state index contributed by atoms with van der Waals surface area (Å²) in [5, 5.41) is 3.48. The molecule has 1 saturated heterocycles. The van der Waals surface area contributed by atoms with E-state index in [1.54, 1.807) is 0 Å². The van der Waals surface area contributed by atoms with Crippen molar-refractivity contribution in [3.63, 3.8) is 0 Å². The number of nitrogens with zero attached hydrogens (tertiary/aromatic N) is 1. The third-order valence-corrected chi connectivity index (χ3v) is 3.53. The van der Waals surface area contributed by atoms with Crippen LogP contribution in [-0.4, -0.2) is 32.3 Å². The zero-order valence-electron chi connectivity index (χ0n) is 11.6. The summed E-state index contributed by atoms with van der Waals surface area (Å²) in [6.45, 7) is 10.5. The van der Waals surface area contributed by atoms with Gasteiger partial charge in [-0.3, -0.25) is 0 Å². The van der Waals surface area contributed by atoms with E-state index in [1.165, 1.54) is 5.69 Å². The molecule has 0 amide bonds. The SMILES string of the molecule is CCOc1ccccc1N1CCNCC1C(C)C. The maximum atomic E-state index is 5.76. The van der Waals surface area contributed by atoms with Gasteiger partial charge >= 0.3 is 0 Å². The van der Waals surface area contributed by atoms with Gasteiger partial charge in [0.1, 0.15) is 5.75 Å². The number of benzene rings is 1. The van der Waals surface area contributed by atoms with Crippen LogP contribution in [0, 0.1) is 5.92 Å². The molecule has 1 fully saturated rings. The lowest BCUT2D eigenvalue weighted by molar-refractivity contribution is 0.334. The molecule has 1 atom stereocenters. The van der Waals surface area contributed by atoms with Crippen LogP contribution in [0.2, 0.25) is 0 Å². The van der Waals surface area contributed by atoms with E-state index in [0.29, 0.717) is 12.0 Å². The smallest absolute Gasteiger partial charge is 0.142 e. The molecule has 0 bridgehead atoms. The minimum atomic E-state index is 0.542. The van der Waals surface area contributed by atoms with Gasteiger partial charge in [0.15, 0.2) is 0 Å². The van der Waals surface area contributed by atoms with Crippen LogP contribution in [0.3, 0.4) is 0 Å². The Bertz CT molecular complexity index is 379. The fraction of sp³-hybridized carbons (Fsp3) is 0.600. The minimum Gasteiger partial charge on any atom is -0.492 e. The van der Waals surface area contributed by atoms with E-state index in [0.717, 1.165) is 32.0 Å². The Labute approximate surface area is 110 Å². The van der Waals surface area contributed by atoms with Gasteiger partial charge in [-0.2, -0.15) is 0 Å². The van der Waals surface area contributed by atoms with Gasteiger partial charge in [-0.15, -0.1) is 0 Å². The summed E-state index contributed by atoms with van der Waals surface area (Å²) in [6.07, 6.45) is 0. The van der Waals surface area contributed by atoms with Crippen molar-refractivity contribution in [1.82, 2.24) is 5.32 Å². The maximum Gasteiger partial charge on any atom is 0.142 e. The summed E-state index contributed by atoms with van der Waals surface area (Å²) >= 11 is 0. The van der Waals surface area contributed by atoms with E-state index in [9.17, 15) is 0 Å². The number of hydrogen-bond donors (Lipinski definition) is 1. The molecule has 100 valence electrons. The summed E-state index contributed by atoms with van der Waals surface area (Å²) < 4.78 is 5.76. The van der Waals surface area contributed by atoms with Crippen LogP contribution in [-0.2, 0) is 0 Å². The topological polar surface area (TPSA) is 24.5 Å². The second-order valence-corrected chi connectivity index (χ2v) is 5.11. The molecule has 2 rings (SSSR count). The molecule has 0 radical (unpaired) electrons. The Morgan fingerprint density at radius 1 is 1.39 bits per heavy atom.